The highest BCUT2D eigenvalue weighted by molar-refractivity contribution is 9.10. The van der Waals surface area contributed by atoms with E-state index in [4.69, 9.17) is 5.73 Å². The number of nitrogens with two attached hydrogens (primary N) is 1. The Morgan fingerprint density at radius 3 is 2.86 bits per heavy atom. The number of benzene rings is 1. The number of halogens is 1. The van der Waals surface area contributed by atoms with Crippen LogP contribution in [0, 0.1) is 0 Å². The van der Waals surface area contributed by atoms with Gasteiger partial charge in [-0.05, 0) is 18.1 Å². The van der Waals surface area contributed by atoms with Gasteiger partial charge in [-0.3, -0.25) is 4.90 Å². The molecule has 2 atom stereocenters. The maximum Gasteiger partial charge on any atom is 0.164 e. The maximum absolute atomic E-state index is 11.9. The van der Waals surface area contributed by atoms with Crippen molar-refractivity contribution < 1.29 is 8.42 Å². The first-order valence-electron chi connectivity index (χ1n) is 6.90. The number of thioether (sulfide) groups is 1. The molecule has 0 amide bonds. The Balaban J connectivity index is 1.99. The maximum atomic E-state index is 11.9. The van der Waals surface area contributed by atoms with Gasteiger partial charge in [0.25, 0.3) is 0 Å². The van der Waals surface area contributed by atoms with Crippen molar-refractivity contribution in [3.8, 4) is 0 Å². The van der Waals surface area contributed by atoms with Crippen LogP contribution in [0.2, 0.25) is 0 Å². The van der Waals surface area contributed by atoms with E-state index in [0.717, 1.165) is 28.8 Å². The van der Waals surface area contributed by atoms with E-state index in [0.29, 0.717) is 12.3 Å². The van der Waals surface area contributed by atoms with Crippen LogP contribution in [0.15, 0.2) is 28.7 Å². The van der Waals surface area contributed by atoms with Crippen molar-refractivity contribution in [2.75, 3.05) is 30.9 Å². The van der Waals surface area contributed by atoms with Crippen LogP contribution in [0.5, 0.6) is 0 Å². The highest BCUT2D eigenvalue weighted by Gasteiger charge is 2.30. The molecule has 1 heterocycles. The van der Waals surface area contributed by atoms with E-state index in [1.807, 2.05) is 24.3 Å². The van der Waals surface area contributed by atoms with Crippen LogP contribution >= 0.6 is 27.7 Å². The fourth-order valence-electron chi connectivity index (χ4n) is 2.50. The number of hydrogen-bond acceptors (Lipinski definition) is 5. The number of rotatable bonds is 5. The quantitative estimate of drug-likeness (QED) is 0.832. The summed E-state index contributed by atoms with van der Waals surface area (Å²) in [5, 5.41) is -0.373. The lowest BCUT2D eigenvalue weighted by molar-refractivity contribution is 0.260. The standard InChI is InChI=1S/C14H21BrN2O2S2/c1-21(18,19)14-10-20-9-8-17(14)7-6-13(16)11-4-2-3-5-12(11)15/h2-5,13-14H,6-10,16H2,1H3. The third kappa shape index (κ3) is 4.69. The third-order valence-electron chi connectivity index (χ3n) is 3.72. The molecule has 21 heavy (non-hydrogen) atoms. The van der Waals surface area contributed by atoms with Crippen molar-refractivity contribution in [1.82, 2.24) is 4.90 Å². The van der Waals surface area contributed by atoms with Crippen LogP contribution in [0.25, 0.3) is 0 Å². The van der Waals surface area contributed by atoms with Gasteiger partial charge in [-0.15, -0.1) is 0 Å². The van der Waals surface area contributed by atoms with Crippen LogP contribution in [-0.4, -0.2) is 49.5 Å². The van der Waals surface area contributed by atoms with Crippen LogP contribution < -0.4 is 5.73 Å². The molecule has 118 valence electrons. The summed E-state index contributed by atoms with van der Waals surface area (Å²) in [6.45, 7) is 1.52. The van der Waals surface area contributed by atoms with Crippen LogP contribution in [-0.2, 0) is 9.84 Å². The molecule has 1 aliphatic rings. The lowest BCUT2D eigenvalue weighted by Crippen LogP contribution is -2.47. The van der Waals surface area contributed by atoms with Crippen molar-refractivity contribution in [3.05, 3.63) is 34.3 Å². The molecule has 0 aliphatic carbocycles. The average Bonchev–Trinajstić information content (AvgIpc) is 2.44. The molecule has 2 rings (SSSR count). The first-order valence-corrected chi connectivity index (χ1v) is 10.8. The van der Waals surface area contributed by atoms with Crippen LogP contribution in [0.1, 0.15) is 18.0 Å². The van der Waals surface area contributed by atoms with E-state index in [1.165, 1.54) is 6.26 Å². The second kappa shape index (κ2) is 7.46. The minimum atomic E-state index is -3.04. The van der Waals surface area contributed by atoms with Crippen molar-refractivity contribution in [2.45, 2.75) is 17.8 Å². The second-order valence-electron chi connectivity index (χ2n) is 5.31. The SMILES string of the molecule is CS(=O)(=O)C1CSCCN1CCC(N)c1ccccc1Br. The van der Waals surface area contributed by atoms with Gasteiger partial charge in [0, 0.05) is 41.4 Å². The summed E-state index contributed by atoms with van der Waals surface area (Å²) in [6, 6.07) is 7.83. The van der Waals surface area contributed by atoms with E-state index < -0.39 is 9.84 Å². The average molecular weight is 393 g/mol. The van der Waals surface area contributed by atoms with Gasteiger partial charge in [0.15, 0.2) is 9.84 Å². The zero-order chi connectivity index (χ0) is 15.5. The number of nitrogens with zero attached hydrogens (tertiary/aromatic N) is 1. The van der Waals surface area contributed by atoms with E-state index >= 15 is 0 Å². The monoisotopic (exact) mass is 392 g/mol. The normalized spacial score (nSPS) is 22.1. The molecule has 1 aliphatic heterocycles. The fourth-order valence-corrected chi connectivity index (χ4v) is 6.05. The summed E-state index contributed by atoms with van der Waals surface area (Å²) in [4.78, 5) is 2.06. The predicted octanol–water partition coefficient (Wildman–Crippen LogP) is 2.26. The molecule has 0 bridgehead atoms. The summed E-state index contributed by atoms with van der Waals surface area (Å²) < 4.78 is 24.7. The molecule has 2 unspecified atom stereocenters. The second-order valence-corrected chi connectivity index (χ2v) is 9.52. The Kier molecular flexibility index (Phi) is 6.14. The molecule has 1 fully saturated rings. The fraction of sp³-hybridized carbons (Fsp3) is 0.571. The smallest absolute Gasteiger partial charge is 0.164 e. The minimum absolute atomic E-state index is 0.0876. The third-order valence-corrected chi connectivity index (χ3v) is 7.13. The van der Waals surface area contributed by atoms with E-state index in [1.54, 1.807) is 11.8 Å². The van der Waals surface area contributed by atoms with Gasteiger partial charge >= 0.3 is 0 Å². The van der Waals surface area contributed by atoms with Crippen LogP contribution in [0.3, 0.4) is 0 Å². The van der Waals surface area contributed by atoms with Crippen molar-refractivity contribution >= 4 is 37.5 Å². The molecule has 1 aromatic rings. The molecular formula is C14H21BrN2O2S2. The summed E-state index contributed by atoms with van der Waals surface area (Å²) in [5.74, 6) is 1.64. The Morgan fingerprint density at radius 1 is 1.48 bits per heavy atom. The van der Waals surface area contributed by atoms with E-state index in [2.05, 4.69) is 20.8 Å². The first kappa shape index (κ1) is 17.3. The zero-order valence-corrected chi connectivity index (χ0v) is 15.3. The minimum Gasteiger partial charge on any atom is -0.324 e. The first-order chi connectivity index (χ1) is 9.89. The Bertz CT molecular complexity index is 580. The zero-order valence-electron chi connectivity index (χ0n) is 12.0. The molecule has 0 spiro atoms. The molecular weight excluding hydrogens is 372 g/mol. The topological polar surface area (TPSA) is 63.4 Å². The Morgan fingerprint density at radius 2 is 2.19 bits per heavy atom. The summed E-state index contributed by atoms with van der Waals surface area (Å²) in [6.07, 6.45) is 2.07. The molecule has 0 aromatic heterocycles. The molecule has 4 nitrogen and oxygen atoms in total. The van der Waals surface area contributed by atoms with E-state index in [9.17, 15) is 8.42 Å². The summed E-state index contributed by atoms with van der Waals surface area (Å²) in [5.41, 5.74) is 7.33. The summed E-state index contributed by atoms with van der Waals surface area (Å²) >= 11 is 5.22. The predicted molar refractivity (Wildman–Crippen MR) is 93.2 cm³/mol. The van der Waals surface area contributed by atoms with Crippen LogP contribution in [0.4, 0.5) is 0 Å². The van der Waals surface area contributed by atoms with E-state index in [-0.39, 0.29) is 11.4 Å². The molecule has 0 saturated carbocycles. The molecule has 7 heteroatoms. The highest BCUT2D eigenvalue weighted by atomic mass is 79.9. The Labute approximate surface area is 139 Å². The lowest BCUT2D eigenvalue weighted by atomic mass is 10.0. The number of hydrogen-bond donors (Lipinski definition) is 1. The number of sulfone groups is 1. The van der Waals surface area contributed by atoms with Crippen molar-refractivity contribution in [2.24, 2.45) is 5.73 Å². The molecule has 1 aromatic carbocycles. The molecule has 1 saturated heterocycles. The van der Waals surface area contributed by atoms with Crippen molar-refractivity contribution in [1.29, 1.82) is 0 Å². The lowest BCUT2D eigenvalue weighted by Gasteiger charge is -2.34. The van der Waals surface area contributed by atoms with Gasteiger partial charge in [0.05, 0.1) is 0 Å². The van der Waals surface area contributed by atoms with Gasteiger partial charge < -0.3 is 5.73 Å². The van der Waals surface area contributed by atoms with Gasteiger partial charge in [0.2, 0.25) is 0 Å². The highest BCUT2D eigenvalue weighted by Crippen LogP contribution is 2.26. The largest absolute Gasteiger partial charge is 0.324 e. The molecule has 0 radical (unpaired) electrons. The Hall–Kier alpha value is -0.0800. The molecule has 2 N–H and O–H groups in total. The van der Waals surface area contributed by atoms with Gasteiger partial charge in [-0.1, -0.05) is 34.1 Å². The van der Waals surface area contributed by atoms with Crippen molar-refractivity contribution in [3.63, 3.8) is 0 Å². The van der Waals surface area contributed by atoms with Gasteiger partial charge in [-0.2, -0.15) is 11.8 Å². The van der Waals surface area contributed by atoms with Gasteiger partial charge in [-0.25, -0.2) is 8.42 Å². The van der Waals surface area contributed by atoms with Gasteiger partial charge in [0.1, 0.15) is 5.37 Å². The summed E-state index contributed by atoms with van der Waals surface area (Å²) in [7, 11) is -3.04.